The highest BCUT2D eigenvalue weighted by atomic mass is 32.2. The largest absolute Gasteiger partial charge is 0.256 e. The molecule has 4 nitrogen and oxygen atoms in total. The van der Waals surface area contributed by atoms with E-state index < -0.39 is 10.0 Å². The Labute approximate surface area is 115 Å². The van der Waals surface area contributed by atoms with Gasteiger partial charge in [0.2, 0.25) is 10.0 Å². The first kappa shape index (κ1) is 14.5. The number of hydrogen-bond acceptors (Lipinski definition) is 3. The van der Waals surface area contributed by atoms with Crippen molar-refractivity contribution in [3.05, 3.63) is 29.6 Å². The monoisotopic (exact) mass is 282 g/mol. The summed E-state index contributed by atoms with van der Waals surface area (Å²) in [6.45, 7) is 3.75. The second kappa shape index (κ2) is 6.01. The predicted molar refractivity (Wildman–Crippen MR) is 76.3 cm³/mol. The Bertz CT molecular complexity index is 522. The van der Waals surface area contributed by atoms with Crippen LogP contribution in [0.15, 0.2) is 18.2 Å². The molecule has 1 N–H and O–H groups in total. The van der Waals surface area contributed by atoms with E-state index in [1.54, 1.807) is 0 Å². The lowest BCUT2D eigenvalue weighted by molar-refractivity contribution is 0.535. The van der Waals surface area contributed by atoms with Crippen molar-refractivity contribution in [2.24, 2.45) is 5.92 Å². The van der Waals surface area contributed by atoms with Gasteiger partial charge in [-0.15, -0.1) is 0 Å². The fourth-order valence-corrected chi connectivity index (χ4v) is 4.38. The summed E-state index contributed by atoms with van der Waals surface area (Å²) >= 11 is 0. The Hall–Kier alpha value is -0.940. The van der Waals surface area contributed by atoms with Gasteiger partial charge in [-0.3, -0.25) is 4.98 Å². The van der Waals surface area contributed by atoms with Gasteiger partial charge in [-0.25, -0.2) is 13.1 Å². The number of rotatable bonds is 5. The van der Waals surface area contributed by atoms with Crippen LogP contribution in [0, 0.1) is 12.8 Å². The van der Waals surface area contributed by atoms with Crippen LogP contribution in [0.2, 0.25) is 0 Å². The molecule has 106 valence electrons. The van der Waals surface area contributed by atoms with Crippen molar-refractivity contribution in [1.82, 2.24) is 9.71 Å². The Balaban J connectivity index is 1.98. The number of hydrogen-bond donors (Lipinski definition) is 1. The summed E-state index contributed by atoms with van der Waals surface area (Å²) in [5, 5.41) is 0. The average Bonchev–Trinajstić information content (AvgIpc) is 2.80. The van der Waals surface area contributed by atoms with Gasteiger partial charge in [0, 0.05) is 5.69 Å². The molecule has 1 aliphatic rings. The molecule has 0 aliphatic heterocycles. The molecule has 19 heavy (non-hydrogen) atoms. The summed E-state index contributed by atoms with van der Waals surface area (Å²) < 4.78 is 27.0. The van der Waals surface area contributed by atoms with Crippen molar-refractivity contribution in [2.75, 3.05) is 5.75 Å². The van der Waals surface area contributed by atoms with Crippen molar-refractivity contribution in [1.29, 1.82) is 0 Å². The van der Waals surface area contributed by atoms with Crippen LogP contribution in [0.25, 0.3) is 0 Å². The van der Waals surface area contributed by atoms with Crippen molar-refractivity contribution >= 4 is 10.0 Å². The van der Waals surface area contributed by atoms with Crippen molar-refractivity contribution in [2.45, 2.75) is 45.6 Å². The number of nitrogens with zero attached hydrogens (tertiary/aromatic N) is 1. The van der Waals surface area contributed by atoms with E-state index in [1.807, 2.05) is 32.0 Å². The van der Waals surface area contributed by atoms with E-state index in [-0.39, 0.29) is 11.8 Å². The van der Waals surface area contributed by atoms with Gasteiger partial charge in [0.25, 0.3) is 0 Å². The van der Waals surface area contributed by atoms with Gasteiger partial charge < -0.3 is 0 Å². The SMILES string of the molecule is Cc1cccc(C(C)NS(=O)(=O)CC2CCCC2)n1. The molecule has 2 rings (SSSR count). The summed E-state index contributed by atoms with van der Waals surface area (Å²) in [5.74, 6) is 0.582. The molecule has 1 atom stereocenters. The highest BCUT2D eigenvalue weighted by molar-refractivity contribution is 7.89. The average molecular weight is 282 g/mol. The molecule has 1 unspecified atom stereocenters. The van der Waals surface area contributed by atoms with Gasteiger partial charge in [-0.05, 0) is 44.7 Å². The molecule has 0 aromatic carbocycles. The smallest absolute Gasteiger partial charge is 0.212 e. The summed E-state index contributed by atoms with van der Waals surface area (Å²) in [4.78, 5) is 4.36. The highest BCUT2D eigenvalue weighted by Crippen LogP contribution is 2.26. The molecule has 1 saturated carbocycles. The van der Waals surface area contributed by atoms with E-state index in [4.69, 9.17) is 0 Å². The van der Waals surface area contributed by atoms with E-state index in [9.17, 15) is 8.42 Å². The third-order valence-electron chi connectivity index (χ3n) is 3.64. The molecule has 0 amide bonds. The molecular weight excluding hydrogens is 260 g/mol. The standard InChI is InChI=1S/C14H22N2O2S/c1-11-6-5-9-14(15-11)12(2)16-19(17,18)10-13-7-3-4-8-13/h5-6,9,12-13,16H,3-4,7-8,10H2,1-2H3. The fourth-order valence-electron chi connectivity index (χ4n) is 2.67. The van der Waals surface area contributed by atoms with Crippen molar-refractivity contribution < 1.29 is 8.42 Å². The van der Waals surface area contributed by atoms with Crippen molar-refractivity contribution in [3.63, 3.8) is 0 Å². The van der Waals surface area contributed by atoms with E-state index in [2.05, 4.69) is 9.71 Å². The lowest BCUT2D eigenvalue weighted by Gasteiger charge is -2.16. The number of sulfonamides is 1. The van der Waals surface area contributed by atoms with Gasteiger partial charge in [-0.2, -0.15) is 0 Å². The second-order valence-electron chi connectivity index (χ2n) is 5.48. The van der Waals surface area contributed by atoms with Crippen LogP contribution in [-0.2, 0) is 10.0 Å². The molecule has 0 radical (unpaired) electrons. The van der Waals surface area contributed by atoms with Crippen molar-refractivity contribution in [3.8, 4) is 0 Å². The molecule has 1 fully saturated rings. The van der Waals surface area contributed by atoms with Crippen LogP contribution in [0.5, 0.6) is 0 Å². The number of pyridine rings is 1. The van der Waals surface area contributed by atoms with Gasteiger partial charge >= 0.3 is 0 Å². The maximum Gasteiger partial charge on any atom is 0.212 e. The zero-order valence-corrected chi connectivity index (χ0v) is 12.4. The Kier molecular flexibility index (Phi) is 4.58. The molecular formula is C14H22N2O2S. The lowest BCUT2D eigenvalue weighted by Crippen LogP contribution is -2.31. The summed E-state index contributed by atoms with van der Waals surface area (Å²) in [6.07, 6.45) is 4.40. The van der Waals surface area contributed by atoms with Gasteiger partial charge in [0.05, 0.1) is 17.5 Å². The Morgan fingerprint density at radius 1 is 1.37 bits per heavy atom. The van der Waals surface area contributed by atoms with E-state index in [0.29, 0.717) is 5.92 Å². The number of aryl methyl sites for hydroxylation is 1. The molecule has 0 saturated heterocycles. The molecule has 5 heteroatoms. The van der Waals surface area contributed by atoms with Crippen LogP contribution in [0.1, 0.15) is 50.0 Å². The van der Waals surface area contributed by atoms with Crippen LogP contribution in [-0.4, -0.2) is 19.2 Å². The predicted octanol–water partition coefficient (Wildman–Crippen LogP) is 2.56. The minimum atomic E-state index is -3.22. The first-order valence-corrected chi connectivity index (χ1v) is 8.55. The van der Waals surface area contributed by atoms with E-state index >= 15 is 0 Å². The summed E-state index contributed by atoms with van der Waals surface area (Å²) in [5.41, 5.74) is 1.68. The Morgan fingerprint density at radius 3 is 2.68 bits per heavy atom. The maximum absolute atomic E-state index is 12.1. The fraction of sp³-hybridized carbons (Fsp3) is 0.643. The van der Waals surface area contributed by atoms with Gasteiger partial charge in [-0.1, -0.05) is 18.9 Å². The summed E-state index contributed by atoms with van der Waals surface area (Å²) in [6, 6.07) is 5.39. The molecule has 0 bridgehead atoms. The lowest BCUT2D eigenvalue weighted by atomic mass is 10.1. The molecule has 1 aromatic rings. The maximum atomic E-state index is 12.1. The third kappa shape index (κ3) is 4.28. The first-order chi connectivity index (χ1) is 8.96. The molecule has 1 heterocycles. The van der Waals surface area contributed by atoms with Gasteiger partial charge in [0.15, 0.2) is 0 Å². The van der Waals surface area contributed by atoms with E-state index in [1.165, 1.54) is 0 Å². The minimum absolute atomic E-state index is 0.253. The molecule has 1 aromatic heterocycles. The zero-order chi connectivity index (χ0) is 13.9. The molecule has 0 spiro atoms. The third-order valence-corrected chi connectivity index (χ3v) is 5.26. The summed E-state index contributed by atoms with van der Waals surface area (Å²) in [7, 11) is -3.22. The topological polar surface area (TPSA) is 59.1 Å². The normalized spacial score (nSPS) is 18.6. The Morgan fingerprint density at radius 2 is 2.05 bits per heavy atom. The van der Waals surface area contributed by atoms with Gasteiger partial charge in [0.1, 0.15) is 0 Å². The van der Waals surface area contributed by atoms with Crippen LogP contribution in [0.3, 0.4) is 0 Å². The quantitative estimate of drug-likeness (QED) is 0.903. The first-order valence-electron chi connectivity index (χ1n) is 6.90. The highest BCUT2D eigenvalue weighted by Gasteiger charge is 2.24. The zero-order valence-electron chi connectivity index (χ0n) is 11.6. The molecule has 1 aliphatic carbocycles. The van der Waals surface area contributed by atoms with E-state index in [0.717, 1.165) is 37.1 Å². The van der Waals surface area contributed by atoms with Crippen LogP contribution >= 0.6 is 0 Å². The number of aromatic nitrogens is 1. The number of nitrogens with one attached hydrogen (secondary N) is 1. The van der Waals surface area contributed by atoms with Crippen LogP contribution < -0.4 is 4.72 Å². The second-order valence-corrected chi connectivity index (χ2v) is 7.27. The van der Waals surface area contributed by atoms with Crippen LogP contribution in [0.4, 0.5) is 0 Å². The minimum Gasteiger partial charge on any atom is -0.256 e.